The Bertz CT molecular complexity index is 1840. The van der Waals surface area contributed by atoms with Gasteiger partial charge in [0.15, 0.2) is 0 Å². The summed E-state index contributed by atoms with van der Waals surface area (Å²) in [4.78, 5) is 16.6. The van der Waals surface area contributed by atoms with E-state index in [0.717, 1.165) is 86.7 Å². The predicted molar refractivity (Wildman–Crippen MR) is 162 cm³/mol. The number of ether oxygens (including phenoxy) is 3. The number of fused-ring (bicyclic) bond motifs is 6. The maximum Gasteiger partial charge on any atom is 0.345 e. The Hall–Kier alpha value is -3.90. The zero-order valence-electron chi connectivity index (χ0n) is 24.3. The van der Waals surface area contributed by atoms with Crippen molar-refractivity contribution in [1.29, 1.82) is 0 Å². The van der Waals surface area contributed by atoms with Crippen molar-refractivity contribution in [2.75, 3.05) is 33.4 Å². The Labute approximate surface area is 252 Å². The fourth-order valence-corrected chi connectivity index (χ4v) is 7.03. The van der Waals surface area contributed by atoms with Gasteiger partial charge in [0, 0.05) is 31.1 Å². The van der Waals surface area contributed by atoms with Crippen molar-refractivity contribution in [1.82, 2.24) is 30.6 Å². The lowest BCUT2D eigenvalue weighted by molar-refractivity contribution is -0.136. The van der Waals surface area contributed by atoms with Gasteiger partial charge < -0.3 is 34.8 Å². The van der Waals surface area contributed by atoms with E-state index in [9.17, 15) is 8.78 Å². The van der Waals surface area contributed by atoms with Crippen LogP contribution in [0.1, 0.15) is 42.1 Å². The predicted octanol–water partition coefficient (Wildman–Crippen LogP) is 5.85. The molecule has 2 aromatic heterocycles. The molecule has 0 spiro atoms. The lowest BCUT2D eigenvalue weighted by Gasteiger charge is -2.22. The van der Waals surface area contributed by atoms with E-state index in [1.807, 2.05) is 12.3 Å². The summed E-state index contributed by atoms with van der Waals surface area (Å²) < 4.78 is 41.1. The molecule has 2 fully saturated rings. The number of aromatic nitrogens is 4. The summed E-state index contributed by atoms with van der Waals surface area (Å²) in [5, 5.41) is 9.04. The van der Waals surface area contributed by atoms with E-state index < -0.39 is 6.61 Å². The maximum absolute atomic E-state index is 12.5. The fraction of sp³-hybridized carbons (Fsp3) is 0.394. The first-order chi connectivity index (χ1) is 21.5. The molecule has 44 heavy (non-hydrogen) atoms. The number of hydrogen-bond donors (Lipinski definition) is 4. The van der Waals surface area contributed by atoms with Crippen LogP contribution in [-0.2, 0) is 16.1 Å². The number of benzene rings is 3. The largest absolute Gasteiger partial charge is 0.488 e. The van der Waals surface area contributed by atoms with Crippen molar-refractivity contribution in [2.24, 2.45) is 11.8 Å². The number of hydrogen-bond acceptors (Lipinski definition) is 7. The van der Waals surface area contributed by atoms with Crippen molar-refractivity contribution >= 4 is 21.8 Å². The second kappa shape index (κ2) is 11.2. The molecule has 5 aromatic rings. The lowest BCUT2D eigenvalue weighted by atomic mass is 9.92. The van der Waals surface area contributed by atoms with Crippen LogP contribution in [0.15, 0.2) is 48.7 Å². The number of aromatic amines is 2. The molecule has 3 aliphatic rings. The second-order valence-electron chi connectivity index (χ2n) is 12.2. The summed E-state index contributed by atoms with van der Waals surface area (Å²) in [5.74, 6) is 3.13. The molecule has 3 aliphatic heterocycles. The van der Waals surface area contributed by atoms with Crippen LogP contribution in [0.2, 0.25) is 0 Å². The Morgan fingerprint density at radius 1 is 0.932 bits per heavy atom. The molecule has 228 valence electrons. The van der Waals surface area contributed by atoms with Crippen LogP contribution in [0.25, 0.3) is 44.2 Å². The Morgan fingerprint density at radius 3 is 2.57 bits per heavy atom. The van der Waals surface area contributed by atoms with E-state index in [1.165, 1.54) is 0 Å². The number of halogens is 2. The van der Waals surface area contributed by atoms with Crippen LogP contribution in [-0.4, -0.2) is 60.0 Å². The first-order valence-electron chi connectivity index (χ1n) is 15.2. The maximum atomic E-state index is 12.5. The highest BCUT2D eigenvalue weighted by Crippen LogP contribution is 2.43. The molecule has 0 radical (unpaired) electrons. The average molecular weight is 601 g/mol. The zero-order chi connectivity index (χ0) is 29.8. The number of methoxy groups -OCH3 is 1. The standard InChI is InChI=1S/C33H34F2N6O3/c1-42-14-17-6-26(36-11-17)31-38-13-28(40-31)20-2-4-22-21(8-20)16-43-29-10-23-19(9-24(22)29)3-5-25-30(23)41-32(39-25)27-7-18(12-37-27)15-44-33(34)35/h2-5,8-10,13,17-18,26-27,33,36-37H,6-7,11-12,14-16H2,1H3,(H,38,40)(H,39,41). The van der Waals surface area contributed by atoms with Crippen LogP contribution in [0.4, 0.5) is 8.78 Å². The molecule has 4 atom stereocenters. The molecule has 2 saturated heterocycles. The molecule has 11 heteroatoms. The van der Waals surface area contributed by atoms with Crippen molar-refractivity contribution in [3.05, 3.63) is 65.9 Å². The molecule has 5 heterocycles. The van der Waals surface area contributed by atoms with Crippen molar-refractivity contribution in [3.63, 3.8) is 0 Å². The van der Waals surface area contributed by atoms with Gasteiger partial charge in [-0.05, 0) is 71.0 Å². The number of imidazole rings is 2. The second-order valence-corrected chi connectivity index (χ2v) is 12.2. The Kier molecular flexibility index (Phi) is 7.05. The van der Waals surface area contributed by atoms with Gasteiger partial charge in [0.25, 0.3) is 0 Å². The van der Waals surface area contributed by atoms with E-state index in [-0.39, 0.29) is 24.6 Å². The van der Waals surface area contributed by atoms with Gasteiger partial charge in [-0.1, -0.05) is 18.2 Å². The summed E-state index contributed by atoms with van der Waals surface area (Å²) in [6.45, 7) is 0.0767. The van der Waals surface area contributed by atoms with Gasteiger partial charge >= 0.3 is 6.61 Å². The number of nitrogens with zero attached hydrogens (tertiary/aromatic N) is 2. The van der Waals surface area contributed by atoms with Gasteiger partial charge in [0.05, 0.1) is 48.2 Å². The third kappa shape index (κ3) is 5.03. The van der Waals surface area contributed by atoms with Crippen molar-refractivity contribution in [2.45, 2.75) is 38.1 Å². The van der Waals surface area contributed by atoms with E-state index in [0.29, 0.717) is 25.5 Å². The molecule has 4 N–H and O–H groups in total. The summed E-state index contributed by atoms with van der Waals surface area (Å²) in [6, 6.07) is 15.1. The number of rotatable bonds is 8. The molecule has 3 aromatic carbocycles. The minimum absolute atomic E-state index is 0.0217. The van der Waals surface area contributed by atoms with Gasteiger partial charge in [-0.15, -0.1) is 0 Å². The topological polar surface area (TPSA) is 109 Å². The van der Waals surface area contributed by atoms with E-state index in [1.54, 1.807) is 7.11 Å². The quantitative estimate of drug-likeness (QED) is 0.177. The minimum atomic E-state index is -2.74. The van der Waals surface area contributed by atoms with Gasteiger partial charge in [-0.3, -0.25) is 0 Å². The third-order valence-corrected chi connectivity index (χ3v) is 9.24. The van der Waals surface area contributed by atoms with Crippen LogP contribution < -0.4 is 15.4 Å². The van der Waals surface area contributed by atoms with Gasteiger partial charge in [-0.25, -0.2) is 9.97 Å². The monoisotopic (exact) mass is 600 g/mol. The molecule has 8 rings (SSSR count). The molecule has 0 amide bonds. The van der Waals surface area contributed by atoms with Crippen LogP contribution in [0.5, 0.6) is 5.75 Å². The summed E-state index contributed by atoms with van der Waals surface area (Å²) >= 11 is 0. The molecule has 0 aliphatic carbocycles. The van der Waals surface area contributed by atoms with E-state index in [2.05, 4.69) is 66.7 Å². The molecular formula is C33H34F2N6O3. The van der Waals surface area contributed by atoms with Crippen molar-refractivity contribution in [3.8, 4) is 28.1 Å². The highest BCUT2D eigenvalue weighted by Gasteiger charge is 2.30. The van der Waals surface area contributed by atoms with Gasteiger partial charge in [0.2, 0.25) is 0 Å². The first-order valence-corrected chi connectivity index (χ1v) is 15.2. The molecule has 0 saturated carbocycles. The smallest absolute Gasteiger partial charge is 0.345 e. The fourth-order valence-electron chi connectivity index (χ4n) is 7.03. The van der Waals surface area contributed by atoms with Crippen LogP contribution >= 0.6 is 0 Å². The Morgan fingerprint density at radius 2 is 1.75 bits per heavy atom. The van der Waals surface area contributed by atoms with Gasteiger partial charge in [-0.2, -0.15) is 8.78 Å². The normalized spacial score (nSPS) is 23.0. The SMILES string of the molecule is COCC1CNC(c2ncc(-c3ccc4c(c3)COc3cc5c(ccc6[nH]c(C7CC(COC(F)F)CN7)nc65)cc3-4)[nH]2)C1. The summed E-state index contributed by atoms with van der Waals surface area (Å²) in [6.07, 6.45) is 3.61. The first kappa shape index (κ1) is 27.6. The zero-order valence-corrected chi connectivity index (χ0v) is 24.3. The lowest BCUT2D eigenvalue weighted by Crippen LogP contribution is -2.17. The minimum Gasteiger partial charge on any atom is -0.488 e. The third-order valence-electron chi connectivity index (χ3n) is 9.24. The summed E-state index contributed by atoms with van der Waals surface area (Å²) in [5.41, 5.74) is 7.23. The average Bonchev–Trinajstić information content (AvgIpc) is 3.85. The van der Waals surface area contributed by atoms with E-state index in [4.69, 9.17) is 14.5 Å². The Balaban J connectivity index is 1.05. The highest BCUT2D eigenvalue weighted by molar-refractivity contribution is 6.07. The number of alkyl halides is 2. The molecule has 4 unspecified atom stereocenters. The van der Waals surface area contributed by atoms with Crippen LogP contribution in [0, 0.1) is 11.8 Å². The van der Waals surface area contributed by atoms with Crippen molar-refractivity contribution < 1.29 is 23.0 Å². The summed E-state index contributed by atoms with van der Waals surface area (Å²) in [7, 11) is 1.75. The van der Waals surface area contributed by atoms with Crippen LogP contribution in [0.3, 0.4) is 0 Å². The highest BCUT2D eigenvalue weighted by atomic mass is 19.3. The number of H-pyrrole nitrogens is 2. The molecule has 9 nitrogen and oxygen atoms in total. The molecule has 0 bridgehead atoms. The van der Waals surface area contributed by atoms with Gasteiger partial charge in [0.1, 0.15) is 24.0 Å². The number of nitrogens with one attached hydrogen (secondary N) is 4. The van der Waals surface area contributed by atoms with E-state index >= 15 is 0 Å². The molecular weight excluding hydrogens is 566 g/mol.